The number of benzene rings is 2. The third-order valence-corrected chi connectivity index (χ3v) is 4.57. The van der Waals surface area contributed by atoms with Crippen molar-refractivity contribution in [2.24, 2.45) is 0 Å². The highest BCUT2D eigenvalue weighted by Crippen LogP contribution is 2.35. The number of anilines is 1. The van der Waals surface area contributed by atoms with Crippen LogP contribution >= 0.6 is 23.2 Å². The lowest BCUT2D eigenvalue weighted by Crippen LogP contribution is -2.20. The van der Waals surface area contributed by atoms with Crippen LogP contribution in [-0.4, -0.2) is 27.3 Å². The normalized spacial score (nSPS) is 16.0. The van der Waals surface area contributed by atoms with Crippen LogP contribution in [0.15, 0.2) is 48.5 Å². The van der Waals surface area contributed by atoms with Gasteiger partial charge in [0.05, 0.1) is 7.11 Å². The summed E-state index contributed by atoms with van der Waals surface area (Å²) in [7, 11) is 1.64. The SMILES string of the molecule is COc1ccc(C2=C[C@@H](c3ccc(Cl)cc3Cl)n3nnnc3N2)cc1. The number of fused-ring (bicyclic) bond motifs is 1. The Balaban J connectivity index is 1.80. The van der Waals surface area contributed by atoms with E-state index in [1.54, 1.807) is 23.9 Å². The largest absolute Gasteiger partial charge is 0.497 e. The van der Waals surface area contributed by atoms with Gasteiger partial charge in [0.1, 0.15) is 11.8 Å². The molecule has 1 N–H and O–H groups in total. The Bertz CT molecular complexity index is 952. The van der Waals surface area contributed by atoms with E-state index in [-0.39, 0.29) is 6.04 Å². The molecular formula is C17H13Cl2N5O. The Labute approximate surface area is 154 Å². The van der Waals surface area contributed by atoms with E-state index in [2.05, 4.69) is 20.8 Å². The van der Waals surface area contributed by atoms with Crippen LogP contribution in [0.3, 0.4) is 0 Å². The monoisotopic (exact) mass is 373 g/mol. The van der Waals surface area contributed by atoms with Gasteiger partial charge in [0.2, 0.25) is 5.95 Å². The molecule has 2 aromatic carbocycles. The molecule has 1 atom stereocenters. The summed E-state index contributed by atoms with van der Waals surface area (Å²) in [6, 6.07) is 12.9. The molecule has 0 amide bonds. The number of nitrogens with one attached hydrogen (secondary N) is 1. The molecule has 4 rings (SSSR count). The zero-order valence-electron chi connectivity index (χ0n) is 13.1. The number of tetrazole rings is 1. The molecule has 25 heavy (non-hydrogen) atoms. The highest BCUT2D eigenvalue weighted by molar-refractivity contribution is 6.35. The average Bonchev–Trinajstić information content (AvgIpc) is 3.10. The van der Waals surface area contributed by atoms with Gasteiger partial charge >= 0.3 is 0 Å². The number of halogens is 2. The van der Waals surface area contributed by atoms with E-state index in [9.17, 15) is 0 Å². The zero-order chi connectivity index (χ0) is 17.4. The molecule has 1 aliphatic heterocycles. The molecule has 1 aromatic heterocycles. The predicted octanol–water partition coefficient (Wildman–Crippen LogP) is 4.04. The smallest absolute Gasteiger partial charge is 0.248 e. The van der Waals surface area contributed by atoms with Gasteiger partial charge in [-0.05, 0) is 64.0 Å². The molecule has 0 bridgehead atoms. The zero-order valence-corrected chi connectivity index (χ0v) is 14.7. The van der Waals surface area contributed by atoms with Crippen LogP contribution in [0, 0.1) is 0 Å². The second kappa shape index (κ2) is 6.38. The number of hydrogen-bond donors (Lipinski definition) is 1. The molecular weight excluding hydrogens is 361 g/mol. The quantitative estimate of drug-likeness (QED) is 0.750. The Kier molecular flexibility index (Phi) is 4.07. The van der Waals surface area contributed by atoms with Crippen molar-refractivity contribution in [2.45, 2.75) is 6.04 Å². The van der Waals surface area contributed by atoms with Crippen LogP contribution in [0.1, 0.15) is 17.2 Å². The molecule has 0 radical (unpaired) electrons. The van der Waals surface area contributed by atoms with Gasteiger partial charge in [0, 0.05) is 15.7 Å². The molecule has 0 saturated carbocycles. The molecule has 3 aromatic rings. The van der Waals surface area contributed by atoms with Gasteiger partial charge in [0.15, 0.2) is 0 Å². The first-order valence-corrected chi connectivity index (χ1v) is 8.27. The van der Waals surface area contributed by atoms with E-state index in [0.29, 0.717) is 16.0 Å². The van der Waals surface area contributed by atoms with Crippen molar-refractivity contribution in [3.05, 3.63) is 69.7 Å². The summed E-state index contributed by atoms with van der Waals surface area (Å²) in [5.74, 6) is 1.34. The molecule has 2 heterocycles. The minimum Gasteiger partial charge on any atom is -0.497 e. The number of nitrogens with zero attached hydrogens (tertiary/aromatic N) is 4. The summed E-state index contributed by atoms with van der Waals surface area (Å²) in [5.41, 5.74) is 2.75. The van der Waals surface area contributed by atoms with Gasteiger partial charge in [-0.1, -0.05) is 34.4 Å². The second-order valence-electron chi connectivity index (χ2n) is 5.49. The van der Waals surface area contributed by atoms with E-state index in [1.807, 2.05) is 36.4 Å². The standard InChI is InChI=1S/C17H13Cl2N5O/c1-25-12-5-2-10(3-6-12)15-9-16(24-17(20-15)21-22-23-24)13-7-4-11(18)8-14(13)19/h2-9,16H,1H3,(H,20,21,23)/t16-/m0/s1. The van der Waals surface area contributed by atoms with Gasteiger partial charge in [-0.3, -0.25) is 0 Å². The number of rotatable bonds is 3. The van der Waals surface area contributed by atoms with Gasteiger partial charge in [-0.25, -0.2) is 0 Å². The van der Waals surface area contributed by atoms with Crippen LogP contribution in [0.4, 0.5) is 5.95 Å². The number of ether oxygens (including phenoxy) is 1. The fourth-order valence-corrected chi connectivity index (χ4v) is 3.28. The Morgan fingerprint density at radius 3 is 2.64 bits per heavy atom. The topological polar surface area (TPSA) is 64.9 Å². The maximum atomic E-state index is 6.40. The molecule has 6 nitrogen and oxygen atoms in total. The fourth-order valence-electron chi connectivity index (χ4n) is 2.76. The van der Waals surface area contributed by atoms with Crippen LogP contribution in [0.5, 0.6) is 5.75 Å². The molecule has 0 unspecified atom stereocenters. The highest BCUT2D eigenvalue weighted by atomic mass is 35.5. The first-order valence-electron chi connectivity index (χ1n) is 7.52. The van der Waals surface area contributed by atoms with Crippen molar-refractivity contribution in [3.8, 4) is 5.75 Å². The summed E-state index contributed by atoms with van der Waals surface area (Å²) in [4.78, 5) is 0. The maximum Gasteiger partial charge on any atom is 0.248 e. The molecule has 0 spiro atoms. The number of hydrogen-bond acceptors (Lipinski definition) is 5. The fraction of sp³-hybridized carbons (Fsp3) is 0.118. The first kappa shape index (κ1) is 15.9. The molecule has 8 heteroatoms. The van der Waals surface area contributed by atoms with Crippen LogP contribution < -0.4 is 10.1 Å². The van der Waals surface area contributed by atoms with E-state index in [0.717, 1.165) is 22.6 Å². The van der Waals surface area contributed by atoms with Crippen molar-refractivity contribution < 1.29 is 4.74 Å². The van der Waals surface area contributed by atoms with Crippen molar-refractivity contribution in [1.82, 2.24) is 20.2 Å². The Morgan fingerprint density at radius 1 is 1.12 bits per heavy atom. The van der Waals surface area contributed by atoms with Gasteiger partial charge in [-0.15, -0.1) is 0 Å². The third-order valence-electron chi connectivity index (χ3n) is 4.01. The average molecular weight is 374 g/mol. The molecule has 0 aliphatic carbocycles. The summed E-state index contributed by atoms with van der Waals surface area (Å²) in [6.07, 6.45) is 2.03. The summed E-state index contributed by atoms with van der Waals surface area (Å²) >= 11 is 12.4. The maximum absolute atomic E-state index is 6.40. The number of methoxy groups -OCH3 is 1. The van der Waals surface area contributed by atoms with Crippen molar-refractivity contribution >= 4 is 34.8 Å². The third kappa shape index (κ3) is 2.94. The lowest BCUT2D eigenvalue weighted by molar-refractivity contribution is 0.415. The van der Waals surface area contributed by atoms with Crippen LogP contribution in [0.2, 0.25) is 10.0 Å². The first-order chi connectivity index (χ1) is 12.2. The lowest BCUT2D eigenvalue weighted by Gasteiger charge is -2.24. The molecule has 0 saturated heterocycles. The molecule has 0 fully saturated rings. The van der Waals surface area contributed by atoms with E-state index in [4.69, 9.17) is 27.9 Å². The van der Waals surface area contributed by atoms with Gasteiger partial charge in [-0.2, -0.15) is 4.68 Å². The van der Waals surface area contributed by atoms with Gasteiger partial charge in [0.25, 0.3) is 0 Å². The Hall–Kier alpha value is -2.57. The predicted molar refractivity (Wildman–Crippen MR) is 97.0 cm³/mol. The van der Waals surface area contributed by atoms with Crippen molar-refractivity contribution in [2.75, 3.05) is 12.4 Å². The van der Waals surface area contributed by atoms with Crippen LogP contribution in [-0.2, 0) is 0 Å². The van der Waals surface area contributed by atoms with Gasteiger partial charge < -0.3 is 10.1 Å². The Morgan fingerprint density at radius 2 is 1.92 bits per heavy atom. The van der Waals surface area contributed by atoms with Crippen molar-refractivity contribution in [3.63, 3.8) is 0 Å². The van der Waals surface area contributed by atoms with E-state index < -0.39 is 0 Å². The van der Waals surface area contributed by atoms with Crippen LogP contribution in [0.25, 0.3) is 5.70 Å². The summed E-state index contributed by atoms with van der Waals surface area (Å²) < 4.78 is 6.89. The minimum absolute atomic E-state index is 0.242. The summed E-state index contributed by atoms with van der Waals surface area (Å²) in [6.45, 7) is 0. The second-order valence-corrected chi connectivity index (χ2v) is 6.34. The molecule has 126 valence electrons. The number of aromatic nitrogens is 4. The molecule has 1 aliphatic rings. The van der Waals surface area contributed by atoms with E-state index in [1.165, 1.54) is 0 Å². The summed E-state index contributed by atoms with van der Waals surface area (Å²) in [5, 5.41) is 16.3. The lowest BCUT2D eigenvalue weighted by atomic mass is 10.0. The highest BCUT2D eigenvalue weighted by Gasteiger charge is 2.25. The van der Waals surface area contributed by atoms with Crippen molar-refractivity contribution in [1.29, 1.82) is 0 Å². The minimum atomic E-state index is -0.242. The van der Waals surface area contributed by atoms with E-state index >= 15 is 0 Å². The number of allylic oxidation sites excluding steroid dienone is 1.